The first kappa shape index (κ1) is 15.6. The molecule has 1 N–H and O–H groups in total. The minimum absolute atomic E-state index is 0.196. The van der Waals surface area contributed by atoms with Crippen LogP contribution in [0.25, 0.3) is 0 Å². The Morgan fingerprint density at radius 3 is 2.58 bits per heavy atom. The summed E-state index contributed by atoms with van der Waals surface area (Å²) < 4.78 is 1.66. The van der Waals surface area contributed by atoms with E-state index in [0.717, 1.165) is 25.1 Å². The molecular weight excluding hydrogens is 244 g/mol. The van der Waals surface area contributed by atoms with Gasteiger partial charge in [0.15, 0.2) is 0 Å². The van der Waals surface area contributed by atoms with Gasteiger partial charge in [-0.15, -0.1) is 0 Å². The van der Waals surface area contributed by atoms with E-state index in [1.54, 1.807) is 11.7 Å². The molecule has 1 unspecified atom stereocenters. The quantitative estimate of drug-likeness (QED) is 0.579. The van der Waals surface area contributed by atoms with Crippen LogP contribution in [-0.2, 0) is 19.9 Å². The molecule has 1 rings (SSSR count). The van der Waals surface area contributed by atoms with Crippen LogP contribution in [0.1, 0.15) is 45.0 Å². The first-order chi connectivity index (χ1) is 9.04. The van der Waals surface area contributed by atoms with E-state index in [1.165, 1.54) is 0 Å². The Morgan fingerprint density at radius 1 is 1.42 bits per heavy atom. The van der Waals surface area contributed by atoms with E-state index in [9.17, 15) is 10.1 Å². The summed E-state index contributed by atoms with van der Waals surface area (Å²) in [6.45, 7) is 7.04. The van der Waals surface area contributed by atoms with Crippen molar-refractivity contribution in [2.75, 3.05) is 6.54 Å². The Morgan fingerprint density at radius 2 is 2.11 bits per heavy atom. The van der Waals surface area contributed by atoms with Crippen molar-refractivity contribution < 1.29 is 4.92 Å². The lowest BCUT2D eigenvalue weighted by Crippen LogP contribution is -2.32. The maximum Gasteiger partial charge on any atom is 0.313 e. The van der Waals surface area contributed by atoms with E-state index in [4.69, 9.17) is 0 Å². The Kier molecular flexibility index (Phi) is 5.95. The lowest BCUT2D eigenvalue weighted by atomic mass is 10.1. The number of nitrogens with one attached hydrogen (secondary N) is 1. The van der Waals surface area contributed by atoms with Crippen molar-refractivity contribution in [1.29, 1.82) is 0 Å². The van der Waals surface area contributed by atoms with Crippen LogP contribution in [0.5, 0.6) is 0 Å². The van der Waals surface area contributed by atoms with Crippen LogP contribution in [-0.4, -0.2) is 27.3 Å². The molecule has 0 aliphatic carbocycles. The highest BCUT2D eigenvalue weighted by Crippen LogP contribution is 2.25. The molecule has 19 heavy (non-hydrogen) atoms. The second kappa shape index (κ2) is 7.23. The number of aromatic nitrogens is 2. The molecule has 0 amide bonds. The monoisotopic (exact) mass is 268 g/mol. The molecule has 6 nitrogen and oxygen atoms in total. The van der Waals surface area contributed by atoms with E-state index >= 15 is 0 Å². The molecule has 0 saturated heterocycles. The fourth-order valence-electron chi connectivity index (χ4n) is 2.23. The number of nitrogens with zero attached hydrogens (tertiary/aromatic N) is 3. The second-order valence-electron chi connectivity index (χ2n) is 4.74. The highest BCUT2D eigenvalue weighted by Gasteiger charge is 2.26. The van der Waals surface area contributed by atoms with Crippen LogP contribution in [0, 0.1) is 10.1 Å². The standard InChI is InChI=1S/C13H24N4O2/c1-5-8-14-10(6-2)9-12-13(17(18)19)11(7-3)15-16(12)4/h10,14H,5-9H2,1-4H3. The van der Waals surface area contributed by atoms with E-state index in [1.807, 2.05) is 6.92 Å². The molecule has 1 aromatic heterocycles. The smallest absolute Gasteiger partial charge is 0.313 e. The van der Waals surface area contributed by atoms with E-state index < -0.39 is 0 Å². The molecule has 1 heterocycles. The largest absolute Gasteiger partial charge is 0.314 e. The van der Waals surface area contributed by atoms with Gasteiger partial charge in [-0.3, -0.25) is 14.8 Å². The van der Waals surface area contributed by atoms with Crippen LogP contribution < -0.4 is 5.32 Å². The van der Waals surface area contributed by atoms with Gasteiger partial charge >= 0.3 is 5.69 Å². The third-order valence-electron chi connectivity index (χ3n) is 3.34. The van der Waals surface area contributed by atoms with Gasteiger partial charge in [-0.05, 0) is 25.8 Å². The summed E-state index contributed by atoms with van der Waals surface area (Å²) in [6, 6.07) is 0.263. The zero-order valence-corrected chi connectivity index (χ0v) is 12.3. The molecule has 1 atom stereocenters. The van der Waals surface area contributed by atoms with Gasteiger partial charge in [-0.2, -0.15) is 5.10 Å². The summed E-state index contributed by atoms with van der Waals surface area (Å²) in [6.07, 6.45) is 3.24. The van der Waals surface area contributed by atoms with E-state index in [2.05, 4.69) is 24.3 Å². The number of nitro groups is 1. The highest BCUT2D eigenvalue weighted by molar-refractivity contribution is 5.41. The first-order valence-electron chi connectivity index (χ1n) is 6.97. The summed E-state index contributed by atoms with van der Waals surface area (Å²) >= 11 is 0. The van der Waals surface area contributed by atoms with E-state index in [0.29, 0.717) is 18.5 Å². The van der Waals surface area contributed by atoms with Crippen molar-refractivity contribution in [2.45, 2.75) is 52.5 Å². The van der Waals surface area contributed by atoms with Crippen LogP contribution >= 0.6 is 0 Å². The summed E-state index contributed by atoms with van der Waals surface area (Å²) in [5, 5.41) is 18.9. The Balaban J connectivity index is 2.98. The minimum atomic E-state index is -0.298. The molecule has 6 heteroatoms. The van der Waals surface area contributed by atoms with Crippen molar-refractivity contribution in [3.8, 4) is 0 Å². The van der Waals surface area contributed by atoms with Gasteiger partial charge in [-0.25, -0.2) is 0 Å². The number of rotatable bonds is 8. The average Bonchev–Trinajstić information content (AvgIpc) is 2.70. The maximum absolute atomic E-state index is 11.2. The van der Waals surface area contributed by atoms with Crippen molar-refractivity contribution in [2.24, 2.45) is 7.05 Å². The van der Waals surface area contributed by atoms with Gasteiger partial charge in [0.25, 0.3) is 0 Å². The molecule has 0 saturated carbocycles. The maximum atomic E-state index is 11.2. The minimum Gasteiger partial charge on any atom is -0.314 e. The topological polar surface area (TPSA) is 73.0 Å². The Hall–Kier alpha value is -1.43. The van der Waals surface area contributed by atoms with Gasteiger partial charge in [-0.1, -0.05) is 20.8 Å². The summed E-state index contributed by atoms with van der Waals surface area (Å²) in [7, 11) is 1.79. The highest BCUT2D eigenvalue weighted by atomic mass is 16.6. The number of hydrogen-bond donors (Lipinski definition) is 1. The lowest BCUT2D eigenvalue weighted by Gasteiger charge is -2.16. The van der Waals surface area contributed by atoms with Crippen LogP contribution in [0.15, 0.2) is 0 Å². The zero-order chi connectivity index (χ0) is 14.4. The lowest BCUT2D eigenvalue weighted by molar-refractivity contribution is -0.386. The van der Waals surface area contributed by atoms with E-state index in [-0.39, 0.29) is 16.7 Å². The molecule has 0 radical (unpaired) electrons. The number of hydrogen-bond acceptors (Lipinski definition) is 4. The number of aryl methyl sites for hydroxylation is 2. The third-order valence-corrected chi connectivity index (χ3v) is 3.34. The fraction of sp³-hybridized carbons (Fsp3) is 0.769. The van der Waals surface area contributed by atoms with Crippen LogP contribution in [0.2, 0.25) is 0 Å². The van der Waals surface area contributed by atoms with Crippen molar-refractivity contribution in [1.82, 2.24) is 15.1 Å². The molecule has 0 fully saturated rings. The van der Waals surface area contributed by atoms with Crippen molar-refractivity contribution in [3.63, 3.8) is 0 Å². The summed E-state index contributed by atoms with van der Waals surface area (Å²) in [5.74, 6) is 0. The molecule has 0 bridgehead atoms. The predicted octanol–water partition coefficient (Wildman–Crippen LogP) is 2.21. The Labute approximate surface area is 114 Å². The SMILES string of the molecule is CCCNC(CC)Cc1c([N+](=O)[O-])c(CC)nn1C. The second-order valence-corrected chi connectivity index (χ2v) is 4.74. The fourth-order valence-corrected chi connectivity index (χ4v) is 2.23. The van der Waals surface area contributed by atoms with Gasteiger partial charge in [0.2, 0.25) is 0 Å². The van der Waals surface area contributed by atoms with Gasteiger partial charge < -0.3 is 5.32 Å². The average molecular weight is 268 g/mol. The van der Waals surface area contributed by atoms with Crippen molar-refractivity contribution >= 4 is 5.69 Å². The van der Waals surface area contributed by atoms with Gasteiger partial charge in [0.05, 0.1) is 4.92 Å². The molecule has 108 valence electrons. The van der Waals surface area contributed by atoms with Gasteiger partial charge in [0.1, 0.15) is 11.4 Å². The van der Waals surface area contributed by atoms with Gasteiger partial charge in [0, 0.05) is 19.5 Å². The predicted molar refractivity (Wildman–Crippen MR) is 75.3 cm³/mol. The summed E-state index contributed by atoms with van der Waals surface area (Å²) in [5.41, 5.74) is 1.49. The molecule has 0 spiro atoms. The molecule has 1 aromatic rings. The normalized spacial score (nSPS) is 12.6. The molecular formula is C13H24N4O2. The first-order valence-corrected chi connectivity index (χ1v) is 6.97. The van der Waals surface area contributed by atoms with Crippen LogP contribution in [0.3, 0.4) is 0 Å². The van der Waals surface area contributed by atoms with Crippen molar-refractivity contribution in [3.05, 3.63) is 21.5 Å². The zero-order valence-electron chi connectivity index (χ0n) is 12.3. The Bertz CT molecular complexity index is 429. The molecule has 0 aromatic carbocycles. The summed E-state index contributed by atoms with van der Waals surface area (Å²) in [4.78, 5) is 10.9. The third kappa shape index (κ3) is 3.76. The molecule has 0 aliphatic rings. The van der Waals surface area contributed by atoms with Crippen LogP contribution in [0.4, 0.5) is 5.69 Å². The molecule has 0 aliphatic heterocycles.